The molecule has 0 amide bonds. The Hall–Kier alpha value is -0.120. The summed E-state index contributed by atoms with van der Waals surface area (Å²) < 4.78 is 0. The lowest BCUT2D eigenvalue weighted by atomic mass is 10.2. The molecule has 2 atom stereocenters. The Balaban J connectivity index is 1.94. The molecule has 0 aromatic heterocycles. The fraction of sp³-hybridized carbons (Fsp3) is 1.00. The Morgan fingerprint density at radius 3 is 3.08 bits per heavy atom. The summed E-state index contributed by atoms with van der Waals surface area (Å²) in [6, 6.07) is 0.633. The second kappa shape index (κ2) is 5.51. The minimum Gasteiger partial charge on any atom is -0.393 e. The molecule has 0 radical (unpaired) electrons. The van der Waals surface area contributed by atoms with Crippen LogP contribution in [0.25, 0.3) is 0 Å². The van der Waals surface area contributed by atoms with E-state index in [2.05, 4.69) is 10.6 Å². The van der Waals surface area contributed by atoms with Crippen LogP contribution in [0.1, 0.15) is 26.2 Å². The van der Waals surface area contributed by atoms with E-state index in [1.165, 1.54) is 6.42 Å². The Labute approximate surface area is 74.5 Å². The van der Waals surface area contributed by atoms with Crippen LogP contribution < -0.4 is 10.6 Å². The molecular formula is C9H20N2O. The van der Waals surface area contributed by atoms with Crippen LogP contribution in [-0.4, -0.2) is 36.9 Å². The van der Waals surface area contributed by atoms with Crippen LogP contribution in [0.5, 0.6) is 0 Å². The third kappa shape index (κ3) is 3.52. The SMILES string of the molecule is CCC(O)CCNC1CCNC1. The summed E-state index contributed by atoms with van der Waals surface area (Å²) >= 11 is 0. The first-order valence-corrected chi connectivity index (χ1v) is 4.95. The highest BCUT2D eigenvalue weighted by molar-refractivity contribution is 4.77. The molecule has 1 saturated heterocycles. The number of aliphatic hydroxyl groups is 1. The van der Waals surface area contributed by atoms with E-state index in [9.17, 15) is 5.11 Å². The second-order valence-electron chi connectivity index (χ2n) is 3.49. The topological polar surface area (TPSA) is 44.3 Å². The summed E-state index contributed by atoms with van der Waals surface area (Å²) in [5, 5.41) is 16.0. The number of hydrogen-bond acceptors (Lipinski definition) is 3. The van der Waals surface area contributed by atoms with Gasteiger partial charge < -0.3 is 15.7 Å². The molecule has 0 aromatic rings. The van der Waals surface area contributed by atoms with Crippen LogP contribution in [-0.2, 0) is 0 Å². The lowest BCUT2D eigenvalue weighted by Crippen LogP contribution is -2.33. The number of aliphatic hydroxyl groups excluding tert-OH is 1. The predicted octanol–water partition coefficient (Wildman–Crippen LogP) is 0.0989. The second-order valence-corrected chi connectivity index (χ2v) is 3.49. The van der Waals surface area contributed by atoms with Gasteiger partial charge in [0.25, 0.3) is 0 Å². The Morgan fingerprint density at radius 2 is 2.50 bits per heavy atom. The Morgan fingerprint density at radius 1 is 1.67 bits per heavy atom. The van der Waals surface area contributed by atoms with Crippen LogP contribution in [0.2, 0.25) is 0 Å². The van der Waals surface area contributed by atoms with Crippen molar-refractivity contribution in [1.29, 1.82) is 0 Å². The zero-order valence-corrected chi connectivity index (χ0v) is 7.84. The number of nitrogens with one attached hydrogen (secondary N) is 2. The average Bonchev–Trinajstić information content (AvgIpc) is 2.57. The van der Waals surface area contributed by atoms with Gasteiger partial charge in [-0.2, -0.15) is 0 Å². The minimum atomic E-state index is -0.119. The van der Waals surface area contributed by atoms with Crippen molar-refractivity contribution in [3.05, 3.63) is 0 Å². The highest BCUT2D eigenvalue weighted by Crippen LogP contribution is 1.99. The monoisotopic (exact) mass is 172 g/mol. The Bertz CT molecular complexity index is 113. The zero-order valence-electron chi connectivity index (χ0n) is 7.84. The molecule has 3 heteroatoms. The van der Waals surface area contributed by atoms with Crippen LogP contribution in [0.3, 0.4) is 0 Å². The van der Waals surface area contributed by atoms with Crippen LogP contribution in [0, 0.1) is 0 Å². The van der Waals surface area contributed by atoms with Gasteiger partial charge in [-0.05, 0) is 32.4 Å². The van der Waals surface area contributed by atoms with Gasteiger partial charge in [0.15, 0.2) is 0 Å². The fourth-order valence-electron chi connectivity index (χ4n) is 1.49. The van der Waals surface area contributed by atoms with Crippen LogP contribution >= 0.6 is 0 Å². The van der Waals surface area contributed by atoms with E-state index in [1.54, 1.807) is 0 Å². The molecule has 0 bridgehead atoms. The lowest BCUT2D eigenvalue weighted by molar-refractivity contribution is 0.159. The molecule has 2 unspecified atom stereocenters. The van der Waals surface area contributed by atoms with E-state index in [4.69, 9.17) is 0 Å². The minimum absolute atomic E-state index is 0.119. The Kier molecular flexibility index (Phi) is 4.58. The van der Waals surface area contributed by atoms with Crippen molar-refractivity contribution in [2.45, 2.75) is 38.3 Å². The first-order chi connectivity index (χ1) is 5.83. The van der Waals surface area contributed by atoms with Crippen molar-refractivity contribution in [2.24, 2.45) is 0 Å². The lowest BCUT2D eigenvalue weighted by Gasteiger charge is -2.12. The number of rotatable bonds is 5. The molecule has 0 aliphatic carbocycles. The smallest absolute Gasteiger partial charge is 0.0549 e. The standard InChI is InChI=1S/C9H20N2O/c1-2-9(12)4-6-11-8-3-5-10-7-8/h8-12H,2-7H2,1H3. The fourth-order valence-corrected chi connectivity index (χ4v) is 1.49. The molecule has 3 N–H and O–H groups in total. The summed E-state index contributed by atoms with van der Waals surface area (Å²) in [5.41, 5.74) is 0. The van der Waals surface area contributed by atoms with E-state index >= 15 is 0 Å². The molecule has 1 rings (SSSR count). The van der Waals surface area contributed by atoms with Crippen LogP contribution in [0.4, 0.5) is 0 Å². The van der Waals surface area contributed by atoms with Crippen molar-refractivity contribution < 1.29 is 5.11 Å². The molecule has 0 saturated carbocycles. The molecule has 1 aliphatic rings. The first kappa shape index (κ1) is 9.96. The summed E-state index contributed by atoms with van der Waals surface area (Å²) in [5.74, 6) is 0. The van der Waals surface area contributed by atoms with E-state index in [0.29, 0.717) is 6.04 Å². The maximum Gasteiger partial charge on any atom is 0.0549 e. The highest BCUT2D eigenvalue weighted by Gasteiger charge is 2.13. The largest absolute Gasteiger partial charge is 0.393 e. The van der Waals surface area contributed by atoms with Gasteiger partial charge in [-0.1, -0.05) is 6.92 Å². The maximum absolute atomic E-state index is 9.28. The summed E-state index contributed by atoms with van der Waals surface area (Å²) in [4.78, 5) is 0. The molecule has 12 heavy (non-hydrogen) atoms. The predicted molar refractivity (Wildman–Crippen MR) is 50.2 cm³/mol. The summed E-state index contributed by atoms with van der Waals surface area (Å²) in [7, 11) is 0. The third-order valence-electron chi connectivity index (χ3n) is 2.44. The van der Waals surface area contributed by atoms with Crippen molar-refractivity contribution in [1.82, 2.24) is 10.6 Å². The van der Waals surface area contributed by atoms with Gasteiger partial charge in [0.2, 0.25) is 0 Å². The van der Waals surface area contributed by atoms with Gasteiger partial charge in [0.05, 0.1) is 6.10 Å². The van der Waals surface area contributed by atoms with E-state index in [-0.39, 0.29) is 6.10 Å². The van der Waals surface area contributed by atoms with Gasteiger partial charge in [-0.15, -0.1) is 0 Å². The van der Waals surface area contributed by atoms with Gasteiger partial charge in [0, 0.05) is 12.6 Å². The maximum atomic E-state index is 9.28. The quantitative estimate of drug-likeness (QED) is 0.551. The number of hydrogen-bond donors (Lipinski definition) is 3. The molecule has 1 aliphatic heterocycles. The molecular weight excluding hydrogens is 152 g/mol. The molecule has 0 spiro atoms. The normalized spacial score (nSPS) is 26.0. The molecule has 0 aromatic carbocycles. The third-order valence-corrected chi connectivity index (χ3v) is 2.44. The molecule has 72 valence electrons. The van der Waals surface area contributed by atoms with Crippen molar-refractivity contribution in [3.63, 3.8) is 0 Å². The summed E-state index contributed by atoms with van der Waals surface area (Å²) in [6.07, 6.45) is 2.85. The molecule has 1 fully saturated rings. The molecule has 1 heterocycles. The highest BCUT2D eigenvalue weighted by atomic mass is 16.3. The first-order valence-electron chi connectivity index (χ1n) is 4.95. The van der Waals surface area contributed by atoms with Gasteiger partial charge in [-0.3, -0.25) is 0 Å². The van der Waals surface area contributed by atoms with Gasteiger partial charge in [-0.25, -0.2) is 0 Å². The van der Waals surface area contributed by atoms with Crippen molar-refractivity contribution in [2.75, 3.05) is 19.6 Å². The van der Waals surface area contributed by atoms with Crippen molar-refractivity contribution >= 4 is 0 Å². The van der Waals surface area contributed by atoms with E-state index < -0.39 is 0 Å². The van der Waals surface area contributed by atoms with E-state index in [1.807, 2.05) is 6.92 Å². The summed E-state index contributed by atoms with van der Waals surface area (Å²) in [6.45, 7) is 5.18. The molecule has 3 nitrogen and oxygen atoms in total. The zero-order chi connectivity index (χ0) is 8.81. The average molecular weight is 172 g/mol. The van der Waals surface area contributed by atoms with E-state index in [0.717, 1.165) is 32.5 Å². The van der Waals surface area contributed by atoms with Crippen LogP contribution in [0.15, 0.2) is 0 Å². The van der Waals surface area contributed by atoms with Crippen molar-refractivity contribution in [3.8, 4) is 0 Å². The van der Waals surface area contributed by atoms with Gasteiger partial charge in [0.1, 0.15) is 0 Å². The van der Waals surface area contributed by atoms with Gasteiger partial charge >= 0.3 is 0 Å².